The summed E-state index contributed by atoms with van der Waals surface area (Å²) < 4.78 is 11.0. The van der Waals surface area contributed by atoms with Crippen molar-refractivity contribution < 1.29 is 24.2 Å². The highest BCUT2D eigenvalue weighted by atomic mass is 32.1. The van der Waals surface area contributed by atoms with E-state index < -0.39 is 12.2 Å². The number of thiazole rings is 1. The zero-order valence-corrected chi connectivity index (χ0v) is 24.7. The molecule has 12 nitrogen and oxygen atoms in total. The Hall–Kier alpha value is -3.55. The van der Waals surface area contributed by atoms with E-state index in [-0.39, 0.29) is 18.4 Å². The molecule has 0 saturated carbocycles. The molecule has 3 aliphatic heterocycles. The van der Waals surface area contributed by atoms with Gasteiger partial charge in [-0.25, -0.2) is 19.7 Å². The van der Waals surface area contributed by atoms with Crippen LogP contribution in [0.3, 0.4) is 0 Å². The molecule has 2 atom stereocenters. The molecular weight excluding hydrogens is 558 g/mol. The number of rotatable bonds is 6. The lowest BCUT2D eigenvalue weighted by molar-refractivity contribution is -0.130. The van der Waals surface area contributed by atoms with Gasteiger partial charge in [0.2, 0.25) is 5.91 Å². The van der Waals surface area contributed by atoms with Crippen LogP contribution < -0.4 is 9.80 Å². The van der Waals surface area contributed by atoms with Crippen molar-refractivity contribution in [3.8, 4) is 0 Å². The van der Waals surface area contributed by atoms with Gasteiger partial charge in [0.25, 0.3) is 0 Å². The molecule has 0 aliphatic carbocycles. The standard InChI is InChI=1S/C29H37N7O5S/c1-20(37)33-7-9-35(10-8-33)29(39)41-18-23-16-30-28(42-23)26(38)21-3-2-6-36(17-21)27-24-5-4-22(15-25(24)31-19-32-27)34-11-13-40-14-12-34/h4-5,15-16,19,21,26,38H,2-3,6-14,17-18H2,1H3. The number of ether oxygens (including phenoxy) is 2. The van der Waals surface area contributed by atoms with Crippen LogP contribution in [-0.2, 0) is 20.9 Å². The minimum Gasteiger partial charge on any atom is -0.444 e. The highest BCUT2D eigenvalue weighted by Crippen LogP contribution is 2.35. The molecule has 1 aromatic carbocycles. The van der Waals surface area contributed by atoms with Crippen molar-refractivity contribution in [2.24, 2.45) is 5.92 Å². The lowest BCUT2D eigenvalue weighted by atomic mass is 9.92. The van der Waals surface area contributed by atoms with Crippen LogP contribution in [0.15, 0.2) is 30.7 Å². The Morgan fingerprint density at radius 3 is 2.62 bits per heavy atom. The van der Waals surface area contributed by atoms with Gasteiger partial charge in [-0.05, 0) is 31.0 Å². The maximum Gasteiger partial charge on any atom is 0.410 e. The molecule has 3 aromatic rings. The maximum absolute atomic E-state index is 12.5. The SMILES string of the molecule is CC(=O)N1CCN(C(=O)OCc2cnc(C(O)C3CCCN(c4ncnc5cc(N6CCOCC6)ccc45)C3)s2)CC1. The third kappa shape index (κ3) is 6.27. The fraction of sp³-hybridized carbons (Fsp3) is 0.552. The molecule has 13 heteroatoms. The highest BCUT2D eigenvalue weighted by Gasteiger charge is 2.31. The zero-order chi connectivity index (χ0) is 29.1. The molecule has 2 unspecified atom stereocenters. The third-order valence-corrected chi connectivity index (χ3v) is 9.37. The molecule has 1 N–H and O–H groups in total. The number of carbonyl (C=O) groups excluding carboxylic acids is 2. The van der Waals surface area contributed by atoms with Crippen LogP contribution in [0.1, 0.15) is 35.8 Å². The summed E-state index contributed by atoms with van der Waals surface area (Å²) in [6, 6.07) is 6.36. The van der Waals surface area contributed by atoms with Crippen molar-refractivity contribution >= 4 is 45.7 Å². The summed E-state index contributed by atoms with van der Waals surface area (Å²) in [5, 5.41) is 12.9. The second-order valence-corrected chi connectivity index (χ2v) is 12.2. The van der Waals surface area contributed by atoms with Gasteiger partial charge >= 0.3 is 6.09 Å². The maximum atomic E-state index is 12.5. The minimum absolute atomic E-state index is 0.00416. The van der Waals surface area contributed by atoms with Crippen LogP contribution in [0.4, 0.5) is 16.3 Å². The number of fused-ring (bicyclic) bond motifs is 1. The van der Waals surface area contributed by atoms with E-state index >= 15 is 0 Å². The molecule has 3 saturated heterocycles. The van der Waals surface area contributed by atoms with Gasteiger partial charge in [-0.2, -0.15) is 0 Å². The predicted octanol–water partition coefficient (Wildman–Crippen LogP) is 2.67. The topological polar surface area (TPSA) is 124 Å². The van der Waals surface area contributed by atoms with E-state index in [0.717, 1.165) is 73.0 Å². The Labute approximate surface area is 248 Å². The summed E-state index contributed by atoms with van der Waals surface area (Å²) in [6.07, 6.45) is 4.01. The quantitative estimate of drug-likeness (QED) is 0.455. The van der Waals surface area contributed by atoms with Gasteiger partial charge in [-0.3, -0.25) is 4.79 Å². The predicted molar refractivity (Wildman–Crippen MR) is 159 cm³/mol. The number of morpholine rings is 1. The molecule has 2 amide bonds. The fourth-order valence-corrected chi connectivity index (χ4v) is 6.83. The van der Waals surface area contributed by atoms with Crippen LogP contribution in [0, 0.1) is 5.92 Å². The van der Waals surface area contributed by atoms with Crippen molar-refractivity contribution in [2.75, 3.05) is 75.4 Å². The number of hydrogen-bond donors (Lipinski definition) is 1. The van der Waals surface area contributed by atoms with E-state index in [1.165, 1.54) is 18.3 Å². The van der Waals surface area contributed by atoms with E-state index in [2.05, 4.69) is 43.0 Å². The highest BCUT2D eigenvalue weighted by molar-refractivity contribution is 7.11. The molecule has 5 heterocycles. The first-order chi connectivity index (χ1) is 20.5. The Morgan fingerprint density at radius 2 is 1.83 bits per heavy atom. The van der Waals surface area contributed by atoms with Gasteiger partial charge < -0.3 is 34.2 Å². The summed E-state index contributed by atoms with van der Waals surface area (Å²) in [5.74, 6) is 0.903. The lowest BCUT2D eigenvalue weighted by Gasteiger charge is -2.35. The van der Waals surface area contributed by atoms with E-state index in [1.807, 2.05) is 0 Å². The minimum atomic E-state index is -0.720. The first kappa shape index (κ1) is 28.6. The summed E-state index contributed by atoms with van der Waals surface area (Å²) in [6.45, 7) is 8.31. The number of aliphatic hydroxyl groups excluding tert-OH is 1. The lowest BCUT2D eigenvalue weighted by Crippen LogP contribution is -2.50. The van der Waals surface area contributed by atoms with Crippen molar-refractivity contribution in [3.05, 3.63) is 40.6 Å². The summed E-state index contributed by atoms with van der Waals surface area (Å²) in [5.41, 5.74) is 2.05. The molecule has 2 aromatic heterocycles. The summed E-state index contributed by atoms with van der Waals surface area (Å²) in [4.78, 5) is 46.4. The Morgan fingerprint density at radius 1 is 1.05 bits per heavy atom. The normalized spacial score (nSPS) is 20.6. The fourth-order valence-electron chi connectivity index (χ4n) is 5.92. The summed E-state index contributed by atoms with van der Waals surface area (Å²) >= 11 is 1.37. The van der Waals surface area contributed by atoms with Gasteiger partial charge in [-0.15, -0.1) is 11.3 Å². The number of amides is 2. The first-order valence-electron chi connectivity index (χ1n) is 14.6. The largest absolute Gasteiger partial charge is 0.444 e. The van der Waals surface area contributed by atoms with Crippen LogP contribution in [0.5, 0.6) is 0 Å². The number of anilines is 2. The summed E-state index contributed by atoms with van der Waals surface area (Å²) in [7, 11) is 0. The molecule has 0 bridgehead atoms. The number of aliphatic hydroxyl groups is 1. The number of carbonyl (C=O) groups is 2. The van der Waals surface area contributed by atoms with Gasteiger partial charge in [0, 0.05) is 82.5 Å². The van der Waals surface area contributed by atoms with Crippen molar-refractivity contribution in [2.45, 2.75) is 32.5 Å². The van der Waals surface area contributed by atoms with Crippen LogP contribution >= 0.6 is 11.3 Å². The number of benzene rings is 1. The van der Waals surface area contributed by atoms with Gasteiger partial charge in [0.05, 0.1) is 23.6 Å². The van der Waals surface area contributed by atoms with Crippen molar-refractivity contribution in [1.82, 2.24) is 24.8 Å². The average Bonchev–Trinajstić information content (AvgIpc) is 3.52. The van der Waals surface area contributed by atoms with Crippen molar-refractivity contribution in [1.29, 1.82) is 0 Å². The van der Waals surface area contributed by atoms with Gasteiger partial charge in [0.15, 0.2) is 0 Å². The third-order valence-electron chi connectivity index (χ3n) is 8.32. The smallest absolute Gasteiger partial charge is 0.410 e. The molecule has 0 radical (unpaired) electrons. The second-order valence-electron chi connectivity index (χ2n) is 11.0. The van der Waals surface area contributed by atoms with Crippen LogP contribution in [-0.4, -0.2) is 107 Å². The van der Waals surface area contributed by atoms with Crippen molar-refractivity contribution in [3.63, 3.8) is 0 Å². The average molecular weight is 596 g/mol. The van der Waals surface area contributed by atoms with E-state index in [0.29, 0.717) is 37.7 Å². The molecule has 224 valence electrons. The second kappa shape index (κ2) is 12.8. The zero-order valence-electron chi connectivity index (χ0n) is 23.9. The molecule has 0 spiro atoms. The number of hydrogen-bond acceptors (Lipinski definition) is 11. The molecule has 42 heavy (non-hydrogen) atoms. The van der Waals surface area contributed by atoms with E-state index in [1.54, 1.807) is 22.3 Å². The monoisotopic (exact) mass is 595 g/mol. The van der Waals surface area contributed by atoms with Gasteiger partial charge in [0.1, 0.15) is 29.9 Å². The first-order valence-corrected chi connectivity index (χ1v) is 15.4. The van der Waals surface area contributed by atoms with Crippen LogP contribution in [0.25, 0.3) is 10.9 Å². The van der Waals surface area contributed by atoms with E-state index in [4.69, 9.17) is 9.47 Å². The Bertz CT molecular complexity index is 1410. The molecule has 3 fully saturated rings. The molecule has 6 rings (SSSR count). The van der Waals surface area contributed by atoms with E-state index in [9.17, 15) is 14.7 Å². The number of piperidine rings is 1. The Kier molecular flexibility index (Phi) is 8.68. The number of nitrogens with zero attached hydrogens (tertiary/aromatic N) is 7. The Balaban J connectivity index is 1.06. The number of piperazine rings is 1. The van der Waals surface area contributed by atoms with Crippen LogP contribution in [0.2, 0.25) is 0 Å². The van der Waals surface area contributed by atoms with Gasteiger partial charge in [-0.1, -0.05) is 0 Å². The molecular formula is C29H37N7O5S. The molecule has 3 aliphatic rings. The number of aromatic nitrogens is 3.